The van der Waals surface area contributed by atoms with Crippen molar-refractivity contribution in [3.8, 4) is 17.6 Å². The number of aliphatic hydroxyl groups excluding tert-OH is 1. The summed E-state index contributed by atoms with van der Waals surface area (Å²) in [6, 6.07) is 5.69. The van der Waals surface area contributed by atoms with Gasteiger partial charge in [0.1, 0.15) is 12.4 Å². The highest BCUT2D eigenvalue weighted by Gasteiger charge is 2.06. The molecule has 0 heterocycles. The molecule has 0 saturated carbocycles. The van der Waals surface area contributed by atoms with Gasteiger partial charge in [0.2, 0.25) is 0 Å². The topological polar surface area (TPSA) is 38.7 Å². The first kappa shape index (κ1) is 15.6. The third-order valence-electron chi connectivity index (χ3n) is 2.83. The van der Waals surface area contributed by atoms with E-state index in [1.54, 1.807) is 7.11 Å². The lowest BCUT2D eigenvalue weighted by atomic mass is 10.1. The van der Waals surface area contributed by atoms with E-state index < -0.39 is 0 Å². The van der Waals surface area contributed by atoms with E-state index in [0.29, 0.717) is 6.61 Å². The molecule has 0 spiro atoms. The normalized spacial score (nSPS) is 11.6. The Labute approximate surface area is 115 Å². The largest absolute Gasteiger partial charge is 0.497 e. The molecule has 1 unspecified atom stereocenters. The monoisotopic (exact) mass is 262 g/mol. The van der Waals surface area contributed by atoms with Crippen molar-refractivity contribution in [3.63, 3.8) is 0 Å². The van der Waals surface area contributed by atoms with Gasteiger partial charge in [0.25, 0.3) is 0 Å². The Morgan fingerprint density at radius 1 is 1.37 bits per heavy atom. The van der Waals surface area contributed by atoms with Crippen molar-refractivity contribution < 1.29 is 14.6 Å². The fourth-order valence-electron chi connectivity index (χ4n) is 1.80. The molecular formula is C16H22O3. The molecule has 0 fully saturated rings. The lowest BCUT2D eigenvalue weighted by Gasteiger charge is -2.13. The van der Waals surface area contributed by atoms with Crippen molar-refractivity contribution in [1.29, 1.82) is 0 Å². The van der Waals surface area contributed by atoms with Crippen molar-refractivity contribution >= 4 is 0 Å². The molecule has 104 valence electrons. The van der Waals surface area contributed by atoms with Gasteiger partial charge >= 0.3 is 0 Å². The SMILES string of the molecule is CCCC(C)OCc1cc(OC)ccc1C#CCO. The van der Waals surface area contributed by atoms with E-state index >= 15 is 0 Å². The van der Waals surface area contributed by atoms with Crippen LogP contribution in [0.3, 0.4) is 0 Å². The molecule has 1 aromatic rings. The van der Waals surface area contributed by atoms with Crippen LogP contribution in [0, 0.1) is 11.8 Å². The Kier molecular flexibility index (Phi) is 7.02. The second kappa shape index (κ2) is 8.58. The second-order valence-corrected chi connectivity index (χ2v) is 4.39. The van der Waals surface area contributed by atoms with Crippen LogP contribution in [0.4, 0.5) is 0 Å². The van der Waals surface area contributed by atoms with E-state index in [2.05, 4.69) is 25.7 Å². The highest BCUT2D eigenvalue weighted by Crippen LogP contribution is 2.19. The maximum absolute atomic E-state index is 8.78. The predicted molar refractivity (Wildman–Crippen MR) is 76.1 cm³/mol. The van der Waals surface area contributed by atoms with E-state index in [1.807, 2.05) is 18.2 Å². The van der Waals surface area contributed by atoms with Gasteiger partial charge in [0.05, 0.1) is 19.8 Å². The number of benzene rings is 1. The van der Waals surface area contributed by atoms with Gasteiger partial charge in [-0.1, -0.05) is 25.2 Å². The average molecular weight is 262 g/mol. The smallest absolute Gasteiger partial charge is 0.119 e. The molecule has 0 bridgehead atoms. The molecule has 3 heteroatoms. The summed E-state index contributed by atoms with van der Waals surface area (Å²) in [5.74, 6) is 6.39. The molecule has 3 nitrogen and oxygen atoms in total. The first-order valence-corrected chi connectivity index (χ1v) is 6.59. The molecule has 0 aliphatic carbocycles. The van der Waals surface area contributed by atoms with Crippen LogP contribution in [-0.2, 0) is 11.3 Å². The van der Waals surface area contributed by atoms with Crippen molar-refractivity contribution in [3.05, 3.63) is 29.3 Å². The summed E-state index contributed by atoms with van der Waals surface area (Å²) >= 11 is 0. The van der Waals surface area contributed by atoms with E-state index in [1.165, 1.54) is 0 Å². The van der Waals surface area contributed by atoms with Crippen LogP contribution in [0.5, 0.6) is 5.75 Å². The minimum atomic E-state index is -0.140. The van der Waals surface area contributed by atoms with Crippen LogP contribution >= 0.6 is 0 Å². The fourth-order valence-corrected chi connectivity index (χ4v) is 1.80. The maximum Gasteiger partial charge on any atom is 0.119 e. The van der Waals surface area contributed by atoms with Gasteiger partial charge in [-0.2, -0.15) is 0 Å². The molecule has 1 aromatic carbocycles. The molecule has 0 aromatic heterocycles. The van der Waals surface area contributed by atoms with Gasteiger partial charge in [-0.3, -0.25) is 0 Å². The van der Waals surface area contributed by atoms with Crippen LogP contribution < -0.4 is 4.74 Å². The predicted octanol–water partition coefficient (Wildman–Crippen LogP) is 2.74. The molecule has 1 N–H and O–H groups in total. The Morgan fingerprint density at radius 3 is 2.79 bits per heavy atom. The number of hydrogen-bond donors (Lipinski definition) is 1. The van der Waals surface area contributed by atoms with Crippen molar-refractivity contribution in [2.24, 2.45) is 0 Å². The van der Waals surface area contributed by atoms with Gasteiger partial charge in [-0.15, -0.1) is 0 Å². The van der Waals surface area contributed by atoms with E-state index in [9.17, 15) is 0 Å². The lowest BCUT2D eigenvalue weighted by molar-refractivity contribution is 0.0470. The Balaban J connectivity index is 2.82. The summed E-state index contributed by atoms with van der Waals surface area (Å²) in [6.45, 7) is 4.58. The highest BCUT2D eigenvalue weighted by molar-refractivity contribution is 5.45. The molecule has 19 heavy (non-hydrogen) atoms. The Hall–Kier alpha value is -1.50. The van der Waals surface area contributed by atoms with E-state index in [-0.39, 0.29) is 12.7 Å². The molecule has 1 rings (SSSR count). The second-order valence-electron chi connectivity index (χ2n) is 4.39. The Bertz CT molecular complexity index is 443. The molecule has 1 atom stereocenters. The molecular weight excluding hydrogens is 240 g/mol. The number of hydrogen-bond acceptors (Lipinski definition) is 3. The summed E-state index contributed by atoms with van der Waals surface area (Å²) in [5, 5.41) is 8.78. The number of methoxy groups -OCH3 is 1. The van der Waals surface area contributed by atoms with E-state index in [0.717, 1.165) is 29.7 Å². The fraction of sp³-hybridized carbons (Fsp3) is 0.500. The first-order chi connectivity index (χ1) is 9.21. The summed E-state index contributed by atoms with van der Waals surface area (Å²) in [5.41, 5.74) is 1.86. The lowest BCUT2D eigenvalue weighted by Crippen LogP contribution is -2.08. The minimum absolute atomic E-state index is 0.140. The minimum Gasteiger partial charge on any atom is -0.497 e. The summed E-state index contributed by atoms with van der Waals surface area (Å²) in [7, 11) is 1.64. The van der Waals surface area contributed by atoms with Crippen LogP contribution in [0.1, 0.15) is 37.8 Å². The van der Waals surface area contributed by atoms with E-state index in [4.69, 9.17) is 14.6 Å². The van der Waals surface area contributed by atoms with Crippen LogP contribution in [0.2, 0.25) is 0 Å². The van der Waals surface area contributed by atoms with Crippen molar-refractivity contribution in [2.75, 3.05) is 13.7 Å². The summed E-state index contributed by atoms with van der Waals surface area (Å²) < 4.78 is 11.0. The van der Waals surface area contributed by atoms with Crippen LogP contribution in [-0.4, -0.2) is 24.9 Å². The van der Waals surface area contributed by atoms with Crippen molar-refractivity contribution in [2.45, 2.75) is 39.4 Å². The molecule has 0 amide bonds. The molecule has 0 aliphatic heterocycles. The average Bonchev–Trinajstić information content (AvgIpc) is 2.43. The maximum atomic E-state index is 8.78. The van der Waals surface area contributed by atoms with Gasteiger partial charge in [-0.25, -0.2) is 0 Å². The standard InChI is InChI=1S/C16H22O3/c1-4-6-13(2)19-12-15-11-16(18-3)9-8-14(15)7-5-10-17/h8-9,11,13,17H,4,6,10,12H2,1-3H3. The number of ether oxygens (including phenoxy) is 2. The quantitative estimate of drug-likeness (QED) is 0.801. The summed E-state index contributed by atoms with van der Waals surface area (Å²) in [6.07, 6.45) is 2.38. The molecule has 0 radical (unpaired) electrons. The third-order valence-corrected chi connectivity index (χ3v) is 2.83. The highest BCUT2D eigenvalue weighted by atomic mass is 16.5. The van der Waals surface area contributed by atoms with Gasteiger partial charge in [-0.05, 0) is 37.1 Å². The zero-order valence-corrected chi connectivity index (χ0v) is 11.9. The summed E-state index contributed by atoms with van der Waals surface area (Å²) in [4.78, 5) is 0. The number of rotatable bonds is 6. The zero-order chi connectivity index (χ0) is 14.1. The zero-order valence-electron chi connectivity index (χ0n) is 11.9. The molecule has 0 aliphatic rings. The van der Waals surface area contributed by atoms with Gasteiger partial charge < -0.3 is 14.6 Å². The van der Waals surface area contributed by atoms with Gasteiger partial charge in [0.15, 0.2) is 0 Å². The third kappa shape index (κ3) is 5.34. The Morgan fingerprint density at radius 2 is 2.16 bits per heavy atom. The van der Waals surface area contributed by atoms with Crippen LogP contribution in [0.25, 0.3) is 0 Å². The van der Waals surface area contributed by atoms with Gasteiger partial charge in [0, 0.05) is 5.56 Å². The van der Waals surface area contributed by atoms with Crippen molar-refractivity contribution in [1.82, 2.24) is 0 Å². The molecule has 0 saturated heterocycles. The van der Waals surface area contributed by atoms with Crippen LogP contribution in [0.15, 0.2) is 18.2 Å². The first-order valence-electron chi connectivity index (χ1n) is 6.59. The number of aliphatic hydroxyl groups is 1.